The SMILES string of the molecule is CCOC(=O)c1coc(SC(C)CCO)n1. The van der Waals surface area contributed by atoms with Crippen LogP contribution in [0.2, 0.25) is 0 Å². The van der Waals surface area contributed by atoms with E-state index >= 15 is 0 Å². The third kappa shape index (κ3) is 3.86. The van der Waals surface area contributed by atoms with Crippen molar-refractivity contribution in [1.29, 1.82) is 0 Å². The van der Waals surface area contributed by atoms with Gasteiger partial charge in [0.2, 0.25) is 0 Å². The number of aliphatic hydroxyl groups excluding tert-OH is 1. The van der Waals surface area contributed by atoms with E-state index in [9.17, 15) is 4.79 Å². The number of esters is 1. The molecule has 1 atom stereocenters. The third-order valence-corrected chi connectivity index (χ3v) is 2.83. The lowest BCUT2D eigenvalue weighted by atomic mass is 10.4. The van der Waals surface area contributed by atoms with Crippen molar-refractivity contribution in [1.82, 2.24) is 4.98 Å². The Morgan fingerprint density at radius 1 is 1.75 bits per heavy atom. The smallest absolute Gasteiger partial charge is 0.360 e. The van der Waals surface area contributed by atoms with Crippen LogP contribution in [0.15, 0.2) is 15.9 Å². The van der Waals surface area contributed by atoms with E-state index in [1.54, 1.807) is 6.92 Å². The Balaban J connectivity index is 2.54. The van der Waals surface area contributed by atoms with E-state index < -0.39 is 5.97 Å². The molecular formula is C10H15NO4S. The second kappa shape index (κ2) is 6.55. The molecule has 0 aliphatic carbocycles. The van der Waals surface area contributed by atoms with Crippen LogP contribution in [0.1, 0.15) is 30.8 Å². The van der Waals surface area contributed by atoms with Crippen LogP contribution in [0.25, 0.3) is 0 Å². The zero-order chi connectivity index (χ0) is 12.0. The minimum Gasteiger partial charge on any atom is -0.461 e. The maximum atomic E-state index is 11.3. The van der Waals surface area contributed by atoms with E-state index in [2.05, 4.69) is 4.98 Å². The fraction of sp³-hybridized carbons (Fsp3) is 0.600. The average Bonchev–Trinajstić information content (AvgIpc) is 2.67. The summed E-state index contributed by atoms with van der Waals surface area (Å²) in [5, 5.41) is 9.35. The maximum Gasteiger partial charge on any atom is 0.360 e. The second-order valence-corrected chi connectivity index (χ2v) is 4.55. The summed E-state index contributed by atoms with van der Waals surface area (Å²) in [6.45, 7) is 4.13. The number of hydrogen-bond acceptors (Lipinski definition) is 6. The summed E-state index contributed by atoms with van der Waals surface area (Å²) in [6.07, 6.45) is 1.94. The predicted octanol–water partition coefficient (Wildman–Crippen LogP) is 1.71. The van der Waals surface area contributed by atoms with Gasteiger partial charge in [-0.2, -0.15) is 4.98 Å². The van der Waals surface area contributed by atoms with Gasteiger partial charge in [-0.25, -0.2) is 4.79 Å². The van der Waals surface area contributed by atoms with E-state index in [1.165, 1.54) is 18.0 Å². The summed E-state index contributed by atoms with van der Waals surface area (Å²) in [5.41, 5.74) is 0.181. The van der Waals surface area contributed by atoms with Crippen LogP contribution < -0.4 is 0 Å². The van der Waals surface area contributed by atoms with Gasteiger partial charge in [0.15, 0.2) is 5.69 Å². The first-order chi connectivity index (χ1) is 7.67. The lowest BCUT2D eigenvalue weighted by Gasteiger charge is -2.04. The number of carbonyl (C=O) groups excluding carboxylic acids is 1. The molecule has 1 N–H and O–H groups in total. The van der Waals surface area contributed by atoms with E-state index in [0.29, 0.717) is 18.3 Å². The first-order valence-electron chi connectivity index (χ1n) is 5.07. The molecule has 0 saturated carbocycles. The summed E-state index contributed by atoms with van der Waals surface area (Å²) < 4.78 is 9.90. The molecule has 0 saturated heterocycles. The van der Waals surface area contributed by atoms with Gasteiger partial charge in [0, 0.05) is 11.9 Å². The van der Waals surface area contributed by atoms with Crippen LogP contribution >= 0.6 is 11.8 Å². The molecule has 0 radical (unpaired) electrons. The van der Waals surface area contributed by atoms with E-state index in [-0.39, 0.29) is 17.6 Å². The highest BCUT2D eigenvalue weighted by atomic mass is 32.2. The Kier molecular flexibility index (Phi) is 5.34. The lowest BCUT2D eigenvalue weighted by molar-refractivity contribution is 0.0519. The summed E-state index contributed by atoms with van der Waals surface area (Å²) in [6, 6.07) is 0. The first-order valence-corrected chi connectivity index (χ1v) is 5.95. The Bertz CT molecular complexity index is 339. The molecule has 0 bridgehead atoms. The van der Waals surface area contributed by atoms with Gasteiger partial charge in [-0.15, -0.1) is 0 Å². The summed E-state index contributed by atoms with van der Waals surface area (Å²) in [5.74, 6) is -0.479. The average molecular weight is 245 g/mol. The van der Waals surface area contributed by atoms with E-state index in [4.69, 9.17) is 14.3 Å². The molecule has 0 aliphatic rings. The Morgan fingerprint density at radius 2 is 2.50 bits per heavy atom. The number of carbonyl (C=O) groups is 1. The van der Waals surface area contributed by atoms with Crippen molar-refractivity contribution in [2.45, 2.75) is 30.7 Å². The summed E-state index contributed by atoms with van der Waals surface area (Å²) in [4.78, 5) is 15.3. The molecule has 5 nitrogen and oxygen atoms in total. The highest BCUT2D eigenvalue weighted by Crippen LogP contribution is 2.24. The molecule has 1 heterocycles. The minimum absolute atomic E-state index is 0.125. The Hall–Kier alpha value is -1.01. The van der Waals surface area contributed by atoms with Crippen LogP contribution in [-0.2, 0) is 4.74 Å². The molecular weight excluding hydrogens is 230 g/mol. The van der Waals surface area contributed by atoms with Gasteiger partial charge in [-0.1, -0.05) is 18.7 Å². The molecule has 0 aliphatic heterocycles. The van der Waals surface area contributed by atoms with Gasteiger partial charge in [-0.05, 0) is 13.3 Å². The molecule has 0 aromatic carbocycles. The quantitative estimate of drug-likeness (QED) is 0.607. The maximum absolute atomic E-state index is 11.3. The largest absolute Gasteiger partial charge is 0.461 e. The fourth-order valence-electron chi connectivity index (χ4n) is 1.02. The third-order valence-electron chi connectivity index (χ3n) is 1.81. The van der Waals surface area contributed by atoms with Gasteiger partial charge in [0.05, 0.1) is 6.61 Å². The van der Waals surface area contributed by atoms with Crippen molar-refractivity contribution in [2.24, 2.45) is 0 Å². The van der Waals surface area contributed by atoms with E-state index in [0.717, 1.165) is 0 Å². The van der Waals surface area contributed by atoms with Crippen molar-refractivity contribution in [2.75, 3.05) is 13.2 Å². The van der Waals surface area contributed by atoms with Gasteiger partial charge in [0.1, 0.15) is 6.26 Å². The zero-order valence-electron chi connectivity index (χ0n) is 9.30. The van der Waals surface area contributed by atoms with Crippen LogP contribution in [0.5, 0.6) is 0 Å². The molecule has 6 heteroatoms. The summed E-state index contributed by atoms with van der Waals surface area (Å²) in [7, 11) is 0. The second-order valence-electron chi connectivity index (χ2n) is 3.16. The van der Waals surface area contributed by atoms with Gasteiger partial charge < -0.3 is 14.3 Å². The highest BCUT2D eigenvalue weighted by molar-refractivity contribution is 7.99. The standard InChI is InChI=1S/C10H15NO4S/c1-3-14-9(13)8-6-15-10(11-8)16-7(2)4-5-12/h6-7,12H,3-5H2,1-2H3. The molecule has 16 heavy (non-hydrogen) atoms. The highest BCUT2D eigenvalue weighted by Gasteiger charge is 2.15. The van der Waals surface area contributed by atoms with Crippen molar-refractivity contribution in [3.63, 3.8) is 0 Å². The molecule has 0 amide bonds. The summed E-state index contributed by atoms with van der Waals surface area (Å²) >= 11 is 1.38. The van der Waals surface area contributed by atoms with E-state index in [1.807, 2.05) is 6.92 Å². The molecule has 1 unspecified atom stereocenters. The topological polar surface area (TPSA) is 72.6 Å². The number of hydrogen-bond donors (Lipinski definition) is 1. The molecule has 1 aromatic rings. The van der Waals surface area contributed by atoms with Crippen LogP contribution in [0, 0.1) is 0 Å². The van der Waals surface area contributed by atoms with Gasteiger partial charge >= 0.3 is 5.97 Å². The van der Waals surface area contributed by atoms with Crippen molar-refractivity contribution < 1.29 is 19.1 Å². The fourth-order valence-corrected chi connectivity index (χ4v) is 1.85. The van der Waals surface area contributed by atoms with Crippen molar-refractivity contribution >= 4 is 17.7 Å². The molecule has 1 rings (SSSR count). The molecule has 90 valence electrons. The van der Waals surface area contributed by atoms with Crippen molar-refractivity contribution in [3.05, 3.63) is 12.0 Å². The lowest BCUT2D eigenvalue weighted by Crippen LogP contribution is -2.05. The van der Waals surface area contributed by atoms with Gasteiger partial charge in [0.25, 0.3) is 5.22 Å². The van der Waals surface area contributed by atoms with Crippen LogP contribution in [-0.4, -0.2) is 34.5 Å². The van der Waals surface area contributed by atoms with Crippen molar-refractivity contribution in [3.8, 4) is 0 Å². The first kappa shape index (κ1) is 13.1. The number of thioether (sulfide) groups is 1. The number of ether oxygens (including phenoxy) is 1. The molecule has 0 spiro atoms. The monoisotopic (exact) mass is 245 g/mol. The van der Waals surface area contributed by atoms with Crippen LogP contribution in [0.3, 0.4) is 0 Å². The van der Waals surface area contributed by atoms with Crippen LogP contribution in [0.4, 0.5) is 0 Å². The molecule has 1 aromatic heterocycles. The predicted molar refractivity (Wildman–Crippen MR) is 59.5 cm³/mol. The number of rotatable bonds is 6. The number of oxazole rings is 1. The number of aliphatic hydroxyl groups is 1. The molecule has 0 fully saturated rings. The zero-order valence-corrected chi connectivity index (χ0v) is 10.1. The van der Waals surface area contributed by atoms with Gasteiger partial charge in [-0.3, -0.25) is 0 Å². The number of aromatic nitrogens is 1. The normalized spacial score (nSPS) is 12.4. The Morgan fingerprint density at radius 3 is 3.12 bits per heavy atom. The number of nitrogens with zero attached hydrogens (tertiary/aromatic N) is 1. The Labute approximate surface area is 98.2 Å². The minimum atomic E-state index is -0.479.